The fourth-order valence-electron chi connectivity index (χ4n) is 4.89. The molecule has 3 amide bonds. The third-order valence-electron chi connectivity index (χ3n) is 5.91. The van der Waals surface area contributed by atoms with E-state index in [1.165, 1.54) is 4.90 Å². The standard InChI is InChI=1S/C22H34N4O5/c1-21(2,3)30-19(28)24-15-10-13-11-16(15)26(20(29)31-22(4,5)6)17(13)18(27)25-9-7-8-14(25)12-23/h13-17H,7-11H2,1-6H3,(H,24,28)/t13-,14+,15-,16-,17-/m1/s1. The minimum Gasteiger partial charge on any atom is -0.444 e. The van der Waals surface area contributed by atoms with Crippen molar-refractivity contribution in [3.63, 3.8) is 0 Å². The van der Waals surface area contributed by atoms with E-state index in [9.17, 15) is 19.6 Å². The van der Waals surface area contributed by atoms with Crippen molar-refractivity contribution in [2.24, 2.45) is 5.92 Å². The molecule has 3 rings (SSSR count). The van der Waals surface area contributed by atoms with Crippen molar-refractivity contribution in [3.05, 3.63) is 0 Å². The van der Waals surface area contributed by atoms with Crippen LogP contribution in [-0.4, -0.2) is 69.8 Å². The molecule has 9 nitrogen and oxygen atoms in total. The van der Waals surface area contributed by atoms with Gasteiger partial charge in [-0.25, -0.2) is 9.59 Å². The second-order valence-electron chi connectivity index (χ2n) is 10.7. The van der Waals surface area contributed by atoms with Crippen LogP contribution in [0.4, 0.5) is 9.59 Å². The predicted molar refractivity (Wildman–Crippen MR) is 112 cm³/mol. The molecule has 3 fully saturated rings. The van der Waals surface area contributed by atoms with Gasteiger partial charge in [0, 0.05) is 6.54 Å². The lowest BCUT2D eigenvalue weighted by atomic mass is 9.95. The summed E-state index contributed by atoms with van der Waals surface area (Å²) in [4.78, 5) is 41.9. The molecular weight excluding hydrogens is 400 g/mol. The van der Waals surface area contributed by atoms with E-state index >= 15 is 0 Å². The van der Waals surface area contributed by atoms with E-state index < -0.39 is 35.5 Å². The number of hydrogen-bond acceptors (Lipinski definition) is 6. The Morgan fingerprint density at radius 2 is 1.68 bits per heavy atom. The Bertz CT molecular complexity index is 776. The number of amides is 3. The van der Waals surface area contributed by atoms with Crippen molar-refractivity contribution in [1.29, 1.82) is 5.26 Å². The van der Waals surface area contributed by atoms with Gasteiger partial charge in [-0.05, 0) is 73.1 Å². The minimum atomic E-state index is -0.719. The molecule has 0 aromatic rings. The Hall–Kier alpha value is -2.50. The number of likely N-dealkylation sites (tertiary alicyclic amines) is 2. The van der Waals surface area contributed by atoms with Gasteiger partial charge in [0.15, 0.2) is 0 Å². The third kappa shape index (κ3) is 5.05. The van der Waals surface area contributed by atoms with Crippen molar-refractivity contribution in [3.8, 4) is 6.07 Å². The van der Waals surface area contributed by atoms with Gasteiger partial charge in [-0.15, -0.1) is 0 Å². The highest BCUT2D eigenvalue weighted by Gasteiger charge is 2.58. The summed E-state index contributed by atoms with van der Waals surface area (Å²) < 4.78 is 11.0. The number of alkyl carbamates (subject to hydrolysis) is 1. The van der Waals surface area contributed by atoms with Crippen molar-refractivity contribution in [1.82, 2.24) is 15.1 Å². The van der Waals surface area contributed by atoms with E-state index in [2.05, 4.69) is 11.4 Å². The number of nitriles is 1. The summed E-state index contributed by atoms with van der Waals surface area (Å²) in [5, 5.41) is 12.3. The van der Waals surface area contributed by atoms with Crippen LogP contribution in [0.1, 0.15) is 67.2 Å². The van der Waals surface area contributed by atoms with Crippen molar-refractivity contribution >= 4 is 18.1 Å². The Morgan fingerprint density at radius 1 is 1.03 bits per heavy atom. The molecule has 172 valence electrons. The first kappa shape index (κ1) is 23.2. The molecule has 3 aliphatic rings. The summed E-state index contributed by atoms with van der Waals surface area (Å²) in [6.45, 7) is 11.2. The zero-order valence-electron chi connectivity index (χ0n) is 19.3. The molecule has 2 aliphatic heterocycles. The van der Waals surface area contributed by atoms with E-state index in [0.717, 1.165) is 6.42 Å². The van der Waals surface area contributed by atoms with E-state index in [1.54, 1.807) is 46.4 Å². The van der Waals surface area contributed by atoms with Crippen LogP contribution in [0.25, 0.3) is 0 Å². The zero-order valence-corrected chi connectivity index (χ0v) is 19.3. The SMILES string of the molecule is CC(C)(C)OC(=O)N[C@@H]1C[C@@H]2C[C@H]1N(C(=O)OC(C)(C)C)[C@H]2C(=O)N1CCC[C@H]1C#N. The second-order valence-corrected chi connectivity index (χ2v) is 10.7. The minimum absolute atomic E-state index is 0.107. The molecule has 1 saturated carbocycles. The Labute approximate surface area is 184 Å². The number of piperidine rings is 1. The summed E-state index contributed by atoms with van der Waals surface area (Å²) in [5.41, 5.74) is -1.35. The molecule has 0 unspecified atom stereocenters. The molecule has 2 heterocycles. The van der Waals surface area contributed by atoms with Gasteiger partial charge < -0.3 is 19.7 Å². The summed E-state index contributed by atoms with van der Waals surface area (Å²) in [7, 11) is 0. The maximum atomic E-state index is 13.4. The maximum Gasteiger partial charge on any atom is 0.411 e. The Morgan fingerprint density at radius 3 is 2.26 bits per heavy atom. The van der Waals surface area contributed by atoms with Crippen LogP contribution >= 0.6 is 0 Å². The first-order valence-corrected chi connectivity index (χ1v) is 11.0. The van der Waals surface area contributed by atoms with Crippen molar-refractivity contribution < 1.29 is 23.9 Å². The van der Waals surface area contributed by atoms with Crippen LogP contribution in [-0.2, 0) is 14.3 Å². The van der Waals surface area contributed by atoms with Gasteiger partial charge in [-0.3, -0.25) is 9.69 Å². The number of nitrogens with one attached hydrogen (secondary N) is 1. The number of ether oxygens (including phenoxy) is 2. The molecule has 2 bridgehead atoms. The molecule has 1 aliphatic carbocycles. The first-order valence-electron chi connectivity index (χ1n) is 11.0. The third-order valence-corrected chi connectivity index (χ3v) is 5.91. The Balaban J connectivity index is 1.81. The van der Waals surface area contributed by atoms with E-state index in [-0.39, 0.29) is 23.9 Å². The van der Waals surface area contributed by atoms with Gasteiger partial charge >= 0.3 is 12.2 Å². The molecular formula is C22H34N4O5. The number of rotatable bonds is 2. The van der Waals surface area contributed by atoms with Gasteiger partial charge in [-0.1, -0.05) is 0 Å². The molecule has 0 aromatic heterocycles. The van der Waals surface area contributed by atoms with E-state index in [0.29, 0.717) is 25.8 Å². The molecule has 31 heavy (non-hydrogen) atoms. The first-order chi connectivity index (χ1) is 14.3. The summed E-state index contributed by atoms with van der Waals surface area (Å²) in [6, 6.07) is 0.392. The number of carbonyl (C=O) groups is 3. The molecule has 9 heteroatoms. The van der Waals surface area contributed by atoms with Gasteiger partial charge in [0.05, 0.1) is 18.2 Å². The number of nitrogens with zero attached hydrogens (tertiary/aromatic N) is 3. The van der Waals surface area contributed by atoms with Gasteiger partial charge in [0.1, 0.15) is 23.3 Å². The van der Waals surface area contributed by atoms with E-state index in [4.69, 9.17) is 9.47 Å². The number of fused-ring (bicyclic) bond motifs is 2. The van der Waals surface area contributed by atoms with E-state index in [1.807, 2.05) is 0 Å². The molecule has 0 radical (unpaired) electrons. The largest absolute Gasteiger partial charge is 0.444 e. The summed E-state index contributed by atoms with van der Waals surface area (Å²) in [5.74, 6) is -0.303. The molecule has 1 N–H and O–H groups in total. The highest BCUT2D eigenvalue weighted by Crippen LogP contribution is 2.44. The highest BCUT2D eigenvalue weighted by molar-refractivity contribution is 5.88. The second kappa shape index (κ2) is 8.21. The molecule has 0 aromatic carbocycles. The highest BCUT2D eigenvalue weighted by atomic mass is 16.6. The van der Waals surface area contributed by atoms with Crippen molar-refractivity contribution in [2.75, 3.05) is 6.54 Å². The number of hydrogen-bond donors (Lipinski definition) is 1. The maximum absolute atomic E-state index is 13.4. The predicted octanol–water partition coefficient (Wildman–Crippen LogP) is 2.79. The molecule has 5 atom stereocenters. The normalized spacial score (nSPS) is 30.2. The lowest BCUT2D eigenvalue weighted by Gasteiger charge is -2.40. The Kier molecular flexibility index (Phi) is 6.14. The zero-order chi connectivity index (χ0) is 23.1. The van der Waals surface area contributed by atoms with Gasteiger partial charge in [-0.2, -0.15) is 5.26 Å². The summed E-state index contributed by atoms with van der Waals surface area (Å²) >= 11 is 0. The van der Waals surface area contributed by atoms with Crippen LogP contribution in [0.15, 0.2) is 0 Å². The van der Waals surface area contributed by atoms with Gasteiger partial charge in [0.2, 0.25) is 5.91 Å². The molecule has 2 saturated heterocycles. The fourth-order valence-corrected chi connectivity index (χ4v) is 4.89. The van der Waals surface area contributed by atoms with Crippen molar-refractivity contribution in [2.45, 2.75) is 103 Å². The monoisotopic (exact) mass is 434 g/mol. The molecule has 0 spiro atoms. The number of carbonyl (C=O) groups excluding carboxylic acids is 3. The summed E-state index contributed by atoms with van der Waals surface area (Å²) in [6.07, 6.45) is 1.49. The fraction of sp³-hybridized carbons (Fsp3) is 0.818. The van der Waals surface area contributed by atoms with Crippen LogP contribution in [0, 0.1) is 17.2 Å². The average molecular weight is 435 g/mol. The average Bonchev–Trinajstić information content (AvgIpc) is 3.31. The lowest BCUT2D eigenvalue weighted by Crippen LogP contribution is -2.61. The van der Waals surface area contributed by atoms with Crippen LogP contribution in [0.3, 0.4) is 0 Å². The van der Waals surface area contributed by atoms with Crippen LogP contribution in [0.2, 0.25) is 0 Å². The quantitative estimate of drug-likeness (QED) is 0.715. The van der Waals surface area contributed by atoms with Crippen LogP contribution < -0.4 is 5.32 Å². The topological polar surface area (TPSA) is 112 Å². The van der Waals surface area contributed by atoms with Gasteiger partial charge in [0.25, 0.3) is 0 Å². The smallest absolute Gasteiger partial charge is 0.411 e. The lowest BCUT2D eigenvalue weighted by molar-refractivity contribution is -0.138. The van der Waals surface area contributed by atoms with Crippen LogP contribution in [0.5, 0.6) is 0 Å².